The maximum absolute atomic E-state index is 9.70. The van der Waals surface area contributed by atoms with E-state index in [0.29, 0.717) is 5.92 Å². The van der Waals surface area contributed by atoms with Gasteiger partial charge in [0.15, 0.2) is 0 Å². The van der Waals surface area contributed by atoms with Crippen LogP contribution in [0.25, 0.3) is 0 Å². The molecular weight excluding hydrogens is 230 g/mol. The van der Waals surface area contributed by atoms with Crippen molar-refractivity contribution < 1.29 is 5.11 Å². The Bertz CT molecular complexity index is 396. The van der Waals surface area contributed by atoms with Crippen molar-refractivity contribution in [2.24, 2.45) is 0 Å². The van der Waals surface area contributed by atoms with E-state index in [4.69, 9.17) is 0 Å². The molecule has 2 aliphatic rings. The van der Waals surface area contributed by atoms with E-state index in [1.54, 1.807) is 0 Å². The Morgan fingerprint density at radius 1 is 1.35 bits per heavy atom. The van der Waals surface area contributed by atoms with Crippen LogP contribution >= 0.6 is 11.8 Å². The van der Waals surface area contributed by atoms with Gasteiger partial charge in [-0.2, -0.15) is 0 Å². The highest BCUT2D eigenvalue weighted by Gasteiger charge is 2.26. The standard InChI is InChI=1S/C14H19NOS/c16-12-4-3-7-15(9-12)8-11-10-17-14-6-2-1-5-13(11)14/h1-2,5-6,11-12,16H,3-4,7-10H2/t11?,12-/m0/s1. The summed E-state index contributed by atoms with van der Waals surface area (Å²) in [5, 5.41) is 9.70. The Morgan fingerprint density at radius 2 is 2.24 bits per heavy atom. The minimum atomic E-state index is -0.104. The fourth-order valence-corrected chi connectivity index (χ4v) is 4.13. The number of rotatable bonds is 2. The first kappa shape index (κ1) is 11.6. The zero-order chi connectivity index (χ0) is 11.7. The van der Waals surface area contributed by atoms with E-state index in [9.17, 15) is 5.11 Å². The van der Waals surface area contributed by atoms with Gasteiger partial charge in [-0.3, -0.25) is 0 Å². The summed E-state index contributed by atoms with van der Waals surface area (Å²) in [6.07, 6.45) is 2.02. The van der Waals surface area contributed by atoms with Crippen LogP contribution in [0.3, 0.4) is 0 Å². The number of aliphatic hydroxyl groups excluding tert-OH is 1. The number of β-amino-alcohol motifs (C(OH)–C–C–N with tert-alkyl or cyclic N) is 1. The largest absolute Gasteiger partial charge is 0.392 e. The molecule has 0 spiro atoms. The Hall–Kier alpha value is -0.510. The molecule has 1 aromatic carbocycles. The van der Waals surface area contributed by atoms with E-state index >= 15 is 0 Å². The highest BCUT2D eigenvalue weighted by molar-refractivity contribution is 7.99. The van der Waals surface area contributed by atoms with Crippen molar-refractivity contribution in [1.82, 2.24) is 4.90 Å². The van der Waals surface area contributed by atoms with E-state index in [-0.39, 0.29) is 6.10 Å². The molecule has 1 N–H and O–H groups in total. The lowest BCUT2D eigenvalue weighted by molar-refractivity contribution is 0.0684. The lowest BCUT2D eigenvalue weighted by Crippen LogP contribution is -2.40. The average molecular weight is 249 g/mol. The molecule has 1 aromatic rings. The summed E-state index contributed by atoms with van der Waals surface area (Å²) >= 11 is 1.98. The number of aliphatic hydroxyl groups is 1. The van der Waals surface area contributed by atoms with Crippen molar-refractivity contribution in [1.29, 1.82) is 0 Å². The minimum Gasteiger partial charge on any atom is -0.392 e. The summed E-state index contributed by atoms with van der Waals surface area (Å²) in [7, 11) is 0. The smallest absolute Gasteiger partial charge is 0.0667 e. The maximum Gasteiger partial charge on any atom is 0.0667 e. The van der Waals surface area contributed by atoms with Gasteiger partial charge in [-0.1, -0.05) is 18.2 Å². The third-order valence-electron chi connectivity index (χ3n) is 3.76. The molecule has 2 nitrogen and oxygen atoms in total. The third kappa shape index (κ3) is 2.51. The van der Waals surface area contributed by atoms with Gasteiger partial charge in [-0.15, -0.1) is 11.8 Å². The van der Waals surface area contributed by atoms with Gasteiger partial charge >= 0.3 is 0 Å². The second kappa shape index (κ2) is 5.01. The number of fused-ring (bicyclic) bond motifs is 1. The molecule has 2 heterocycles. The fourth-order valence-electron chi connectivity index (χ4n) is 2.89. The van der Waals surface area contributed by atoms with Gasteiger partial charge in [0.25, 0.3) is 0 Å². The summed E-state index contributed by atoms with van der Waals surface area (Å²) in [5.74, 6) is 1.85. The fraction of sp³-hybridized carbons (Fsp3) is 0.571. The minimum absolute atomic E-state index is 0.104. The number of likely N-dealkylation sites (tertiary alicyclic amines) is 1. The zero-order valence-electron chi connectivity index (χ0n) is 10.0. The van der Waals surface area contributed by atoms with Crippen molar-refractivity contribution in [2.75, 3.05) is 25.4 Å². The highest BCUT2D eigenvalue weighted by Crippen LogP contribution is 2.39. The number of hydrogen-bond donors (Lipinski definition) is 1. The summed E-state index contributed by atoms with van der Waals surface area (Å²) in [6, 6.07) is 8.76. The molecule has 0 radical (unpaired) electrons. The Morgan fingerprint density at radius 3 is 3.12 bits per heavy atom. The van der Waals surface area contributed by atoms with Crippen LogP contribution in [0.4, 0.5) is 0 Å². The molecular formula is C14H19NOS. The summed E-state index contributed by atoms with van der Waals surface area (Å²) in [4.78, 5) is 3.89. The van der Waals surface area contributed by atoms with Crippen molar-refractivity contribution >= 4 is 11.8 Å². The molecule has 0 aromatic heterocycles. The quantitative estimate of drug-likeness (QED) is 0.870. The molecule has 1 unspecified atom stereocenters. The van der Waals surface area contributed by atoms with Crippen LogP contribution < -0.4 is 0 Å². The molecule has 0 aliphatic carbocycles. The summed E-state index contributed by atoms with van der Waals surface area (Å²) < 4.78 is 0. The Kier molecular flexibility index (Phi) is 3.41. The topological polar surface area (TPSA) is 23.5 Å². The Balaban J connectivity index is 1.67. The maximum atomic E-state index is 9.70. The predicted octanol–water partition coefficient (Wildman–Crippen LogP) is 2.33. The van der Waals surface area contributed by atoms with Crippen molar-refractivity contribution in [3.8, 4) is 0 Å². The molecule has 1 fully saturated rings. The van der Waals surface area contributed by atoms with Crippen molar-refractivity contribution in [3.63, 3.8) is 0 Å². The van der Waals surface area contributed by atoms with Crippen LogP contribution in [-0.4, -0.2) is 41.5 Å². The highest BCUT2D eigenvalue weighted by atomic mass is 32.2. The van der Waals surface area contributed by atoms with Gasteiger partial charge in [-0.25, -0.2) is 0 Å². The lowest BCUT2D eigenvalue weighted by atomic mass is 9.99. The first-order chi connectivity index (χ1) is 8.33. The molecule has 17 heavy (non-hydrogen) atoms. The SMILES string of the molecule is O[C@H]1CCCN(CC2CSc3ccccc32)C1. The van der Waals surface area contributed by atoms with Gasteiger partial charge in [0.2, 0.25) is 0 Å². The molecule has 1 saturated heterocycles. The zero-order valence-corrected chi connectivity index (χ0v) is 10.8. The second-order valence-electron chi connectivity index (χ2n) is 5.10. The normalized spacial score (nSPS) is 29.2. The van der Waals surface area contributed by atoms with Gasteiger partial charge in [0.1, 0.15) is 0 Å². The van der Waals surface area contributed by atoms with Gasteiger partial charge in [-0.05, 0) is 31.0 Å². The van der Waals surface area contributed by atoms with E-state index in [1.807, 2.05) is 11.8 Å². The first-order valence-electron chi connectivity index (χ1n) is 6.45. The van der Waals surface area contributed by atoms with Crippen LogP contribution in [0, 0.1) is 0 Å². The summed E-state index contributed by atoms with van der Waals surface area (Å²) in [6.45, 7) is 3.13. The van der Waals surface area contributed by atoms with Crippen LogP contribution in [0.2, 0.25) is 0 Å². The monoisotopic (exact) mass is 249 g/mol. The lowest BCUT2D eigenvalue weighted by Gasteiger charge is -2.31. The van der Waals surface area contributed by atoms with Crippen LogP contribution in [-0.2, 0) is 0 Å². The van der Waals surface area contributed by atoms with Gasteiger partial charge < -0.3 is 10.0 Å². The predicted molar refractivity (Wildman–Crippen MR) is 71.6 cm³/mol. The second-order valence-corrected chi connectivity index (χ2v) is 6.16. The van der Waals surface area contributed by atoms with Gasteiger partial charge in [0, 0.05) is 29.7 Å². The molecule has 3 heteroatoms. The number of piperidine rings is 1. The van der Waals surface area contributed by atoms with Crippen LogP contribution in [0.1, 0.15) is 24.3 Å². The van der Waals surface area contributed by atoms with E-state index in [0.717, 1.165) is 32.5 Å². The van der Waals surface area contributed by atoms with Crippen molar-refractivity contribution in [3.05, 3.63) is 29.8 Å². The van der Waals surface area contributed by atoms with E-state index in [1.165, 1.54) is 16.2 Å². The molecule has 2 atom stereocenters. The van der Waals surface area contributed by atoms with Crippen LogP contribution in [0.5, 0.6) is 0 Å². The Labute approximate surface area is 107 Å². The molecule has 2 aliphatic heterocycles. The first-order valence-corrected chi connectivity index (χ1v) is 7.43. The van der Waals surface area contributed by atoms with E-state index < -0.39 is 0 Å². The molecule has 0 amide bonds. The summed E-state index contributed by atoms with van der Waals surface area (Å²) in [5.41, 5.74) is 1.51. The number of benzene rings is 1. The molecule has 3 rings (SSSR count). The van der Waals surface area contributed by atoms with Gasteiger partial charge in [0.05, 0.1) is 6.10 Å². The molecule has 0 saturated carbocycles. The molecule has 92 valence electrons. The van der Waals surface area contributed by atoms with E-state index in [2.05, 4.69) is 29.2 Å². The number of thioether (sulfide) groups is 1. The third-order valence-corrected chi connectivity index (χ3v) is 5.01. The van der Waals surface area contributed by atoms with Crippen molar-refractivity contribution in [2.45, 2.75) is 29.8 Å². The molecule has 0 bridgehead atoms. The number of nitrogens with zero attached hydrogens (tertiary/aromatic N) is 1. The number of hydrogen-bond acceptors (Lipinski definition) is 3. The average Bonchev–Trinajstić information content (AvgIpc) is 2.73. The van der Waals surface area contributed by atoms with Crippen LogP contribution in [0.15, 0.2) is 29.2 Å².